The van der Waals surface area contributed by atoms with Gasteiger partial charge >= 0.3 is 0 Å². The molecule has 1 unspecified atom stereocenters. The molecule has 1 N–H and O–H groups in total. The molecule has 0 aliphatic carbocycles. The number of nitrogens with one attached hydrogen (secondary N) is 1. The molecule has 2 heterocycles. The van der Waals surface area contributed by atoms with Crippen LogP contribution in [-0.4, -0.2) is 17.1 Å². The minimum absolute atomic E-state index is 0.0273. The average molecular weight is 410 g/mol. The van der Waals surface area contributed by atoms with Crippen molar-refractivity contribution >= 4 is 16.6 Å². The molecular formula is C25H22N4O2. The molecule has 6 nitrogen and oxygen atoms in total. The Bertz CT molecular complexity index is 1240. The Morgan fingerprint density at radius 1 is 1.03 bits per heavy atom. The van der Waals surface area contributed by atoms with Crippen LogP contribution in [0.4, 0.5) is 5.69 Å². The lowest BCUT2D eigenvalue weighted by Crippen LogP contribution is -2.08. The van der Waals surface area contributed by atoms with Gasteiger partial charge in [-0.05, 0) is 54.4 Å². The molecule has 154 valence electrons. The number of ether oxygens (including phenoxy) is 2. The standard InChI is InChI=1S/C25H22N4O2/c1-17(28-23-14-20(15-26)29-22-6-4-3-5-21(22)23)19-7-8-24(25(13-19)30-2)31-16-18-9-11-27-12-10-18/h3-14,17H,16H2,1-2H3,(H,28,29). The summed E-state index contributed by atoms with van der Waals surface area (Å²) >= 11 is 0. The third kappa shape index (κ3) is 4.57. The van der Waals surface area contributed by atoms with Crippen molar-refractivity contribution in [3.05, 3.63) is 89.9 Å². The fourth-order valence-electron chi connectivity index (χ4n) is 3.38. The van der Waals surface area contributed by atoms with E-state index in [1.54, 1.807) is 25.6 Å². The zero-order valence-electron chi connectivity index (χ0n) is 17.4. The zero-order valence-corrected chi connectivity index (χ0v) is 17.4. The van der Waals surface area contributed by atoms with E-state index in [4.69, 9.17) is 9.47 Å². The lowest BCUT2D eigenvalue weighted by Gasteiger charge is -2.19. The summed E-state index contributed by atoms with van der Waals surface area (Å²) in [6, 6.07) is 21.4. The number of nitrogens with zero attached hydrogens (tertiary/aromatic N) is 3. The summed E-state index contributed by atoms with van der Waals surface area (Å²) < 4.78 is 11.5. The molecule has 0 saturated heterocycles. The van der Waals surface area contributed by atoms with Gasteiger partial charge in [0.2, 0.25) is 0 Å². The molecule has 0 spiro atoms. The fourth-order valence-corrected chi connectivity index (χ4v) is 3.38. The summed E-state index contributed by atoms with van der Waals surface area (Å²) in [6.07, 6.45) is 3.49. The summed E-state index contributed by atoms with van der Waals surface area (Å²) in [5, 5.41) is 13.8. The first-order valence-corrected chi connectivity index (χ1v) is 9.94. The second kappa shape index (κ2) is 9.14. The number of hydrogen-bond donors (Lipinski definition) is 1. The number of pyridine rings is 2. The van der Waals surface area contributed by atoms with Crippen LogP contribution in [0.1, 0.15) is 29.8 Å². The third-order valence-corrected chi connectivity index (χ3v) is 5.03. The zero-order chi connectivity index (χ0) is 21.6. The number of benzene rings is 2. The molecule has 6 heteroatoms. The van der Waals surface area contributed by atoms with Gasteiger partial charge in [-0.2, -0.15) is 5.26 Å². The number of fused-ring (bicyclic) bond motifs is 1. The smallest absolute Gasteiger partial charge is 0.161 e. The van der Waals surface area contributed by atoms with Gasteiger partial charge in [0, 0.05) is 29.5 Å². The Labute approximate surface area is 181 Å². The highest BCUT2D eigenvalue weighted by molar-refractivity contribution is 5.92. The lowest BCUT2D eigenvalue weighted by molar-refractivity contribution is 0.284. The first kappa shape index (κ1) is 20.2. The highest BCUT2D eigenvalue weighted by Gasteiger charge is 2.13. The molecule has 0 aliphatic rings. The van der Waals surface area contributed by atoms with Crippen molar-refractivity contribution in [1.82, 2.24) is 9.97 Å². The Kier molecular flexibility index (Phi) is 5.95. The van der Waals surface area contributed by atoms with Gasteiger partial charge in [0.05, 0.1) is 12.6 Å². The van der Waals surface area contributed by atoms with Crippen LogP contribution in [0.25, 0.3) is 10.9 Å². The van der Waals surface area contributed by atoms with Crippen molar-refractivity contribution in [3.63, 3.8) is 0 Å². The number of nitriles is 1. The topological polar surface area (TPSA) is 80.1 Å². The molecule has 2 aromatic heterocycles. The van der Waals surface area contributed by atoms with Gasteiger partial charge in [0.1, 0.15) is 18.4 Å². The molecule has 4 rings (SSSR count). The van der Waals surface area contributed by atoms with Crippen molar-refractivity contribution in [2.24, 2.45) is 0 Å². The van der Waals surface area contributed by atoms with Crippen molar-refractivity contribution in [1.29, 1.82) is 5.26 Å². The minimum atomic E-state index is -0.0273. The van der Waals surface area contributed by atoms with Crippen LogP contribution in [0.15, 0.2) is 73.1 Å². The summed E-state index contributed by atoms with van der Waals surface area (Å²) in [4.78, 5) is 8.40. The number of hydrogen-bond acceptors (Lipinski definition) is 6. The molecule has 2 aromatic carbocycles. The van der Waals surface area contributed by atoms with Crippen molar-refractivity contribution in [2.45, 2.75) is 19.6 Å². The largest absolute Gasteiger partial charge is 0.493 e. The quantitative estimate of drug-likeness (QED) is 0.447. The highest BCUT2D eigenvalue weighted by Crippen LogP contribution is 2.33. The minimum Gasteiger partial charge on any atom is -0.493 e. The molecule has 0 saturated carbocycles. The molecule has 0 fully saturated rings. The molecule has 1 atom stereocenters. The highest BCUT2D eigenvalue weighted by atomic mass is 16.5. The number of methoxy groups -OCH3 is 1. The molecule has 0 bridgehead atoms. The van der Waals surface area contributed by atoms with E-state index < -0.39 is 0 Å². The summed E-state index contributed by atoms with van der Waals surface area (Å²) in [5.74, 6) is 1.34. The van der Waals surface area contributed by atoms with Gasteiger partial charge < -0.3 is 14.8 Å². The third-order valence-electron chi connectivity index (χ3n) is 5.03. The predicted molar refractivity (Wildman–Crippen MR) is 120 cm³/mol. The first-order valence-electron chi connectivity index (χ1n) is 9.94. The van der Waals surface area contributed by atoms with Gasteiger partial charge in [0.25, 0.3) is 0 Å². The average Bonchev–Trinajstić information content (AvgIpc) is 2.83. The van der Waals surface area contributed by atoms with Crippen LogP contribution in [-0.2, 0) is 6.61 Å². The van der Waals surface area contributed by atoms with Crippen molar-refractivity contribution < 1.29 is 9.47 Å². The van der Waals surface area contributed by atoms with Crippen LogP contribution in [0.5, 0.6) is 11.5 Å². The van der Waals surface area contributed by atoms with Crippen LogP contribution in [0.2, 0.25) is 0 Å². The van der Waals surface area contributed by atoms with Crippen LogP contribution in [0.3, 0.4) is 0 Å². The Morgan fingerprint density at radius 2 is 1.84 bits per heavy atom. The number of aromatic nitrogens is 2. The Hall–Kier alpha value is -4.11. The van der Waals surface area contributed by atoms with Gasteiger partial charge in [0.15, 0.2) is 11.5 Å². The summed E-state index contributed by atoms with van der Waals surface area (Å²) in [6.45, 7) is 2.50. The normalized spacial score (nSPS) is 11.5. The maximum atomic E-state index is 9.33. The maximum absolute atomic E-state index is 9.33. The first-order chi connectivity index (χ1) is 15.2. The number of para-hydroxylation sites is 1. The van der Waals surface area contributed by atoms with Gasteiger partial charge in [-0.3, -0.25) is 4.98 Å². The van der Waals surface area contributed by atoms with E-state index in [1.165, 1.54) is 0 Å². The molecule has 4 aromatic rings. The van der Waals surface area contributed by atoms with Crippen LogP contribution >= 0.6 is 0 Å². The van der Waals surface area contributed by atoms with Gasteiger partial charge in [-0.1, -0.05) is 24.3 Å². The van der Waals surface area contributed by atoms with E-state index in [0.29, 0.717) is 23.8 Å². The predicted octanol–water partition coefficient (Wildman–Crippen LogP) is 5.26. The van der Waals surface area contributed by atoms with E-state index >= 15 is 0 Å². The van der Waals surface area contributed by atoms with Crippen LogP contribution < -0.4 is 14.8 Å². The molecule has 31 heavy (non-hydrogen) atoms. The number of anilines is 1. The summed E-state index contributed by atoms with van der Waals surface area (Å²) in [5.41, 5.74) is 4.10. The Morgan fingerprint density at radius 3 is 2.61 bits per heavy atom. The second-order valence-electron chi connectivity index (χ2n) is 7.10. The second-order valence-corrected chi connectivity index (χ2v) is 7.10. The summed E-state index contributed by atoms with van der Waals surface area (Å²) in [7, 11) is 1.63. The lowest BCUT2D eigenvalue weighted by atomic mass is 10.1. The monoisotopic (exact) mass is 410 g/mol. The molecule has 0 aliphatic heterocycles. The van der Waals surface area contributed by atoms with E-state index in [1.807, 2.05) is 54.6 Å². The van der Waals surface area contributed by atoms with Gasteiger partial charge in [-0.25, -0.2) is 4.98 Å². The molecular weight excluding hydrogens is 388 g/mol. The van der Waals surface area contributed by atoms with E-state index in [2.05, 4.69) is 28.3 Å². The molecule has 0 amide bonds. The van der Waals surface area contributed by atoms with E-state index in [0.717, 1.165) is 27.7 Å². The Balaban J connectivity index is 1.56. The van der Waals surface area contributed by atoms with Crippen molar-refractivity contribution in [3.8, 4) is 17.6 Å². The van der Waals surface area contributed by atoms with Crippen molar-refractivity contribution in [2.75, 3.05) is 12.4 Å². The fraction of sp³-hybridized carbons (Fsp3) is 0.160. The SMILES string of the molecule is COc1cc(C(C)Nc2cc(C#N)nc3ccccc23)ccc1OCc1ccncc1. The van der Waals surface area contributed by atoms with E-state index in [-0.39, 0.29) is 6.04 Å². The van der Waals surface area contributed by atoms with Gasteiger partial charge in [-0.15, -0.1) is 0 Å². The van der Waals surface area contributed by atoms with Crippen LogP contribution in [0, 0.1) is 11.3 Å². The van der Waals surface area contributed by atoms with E-state index in [9.17, 15) is 5.26 Å². The number of rotatable bonds is 7. The molecule has 0 radical (unpaired) electrons. The maximum Gasteiger partial charge on any atom is 0.161 e.